The highest BCUT2D eigenvalue weighted by Gasteiger charge is 2.37. The average Bonchev–Trinajstić information content (AvgIpc) is 2.69. The molecule has 0 aromatic heterocycles. The van der Waals surface area contributed by atoms with Crippen LogP contribution in [-0.4, -0.2) is 40.9 Å². The van der Waals surface area contributed by atoms with Crippen LogP contribution in [-0.2, 0) is 20.0 Å². The molecular formula is C17H20N4O6S2. The van der Waals surface area contributed by atoms with Crippen molar-refractivity contribution in [2.75, 3.05) is 17.4 Å². The number of nitrogens with one attached hydrogen (secondary N) is 1. The van der Waals surface area contributed by atoms with Gasteiger partial charge in [0.2, 0.25) is 10.0 Å². The van der Waals surface area contributed by atoms with E-state index in [9.17, 15) is 26.9 Å². The van der Waals surface area contributed by atoms with Gasteiger partial charge in [-0.15, -0.1) is 0 Å². The molecule has 0 atom stereocenters. The van der Waals surface area contributed by atoms with Gasteiger partial charge in [-0.25, -0.2) is 22.0 Å². The molecule has 29 heavy (non-hydrogen) atoms. The molecule has 0 amide bonds. The second-order valence-electron chi connectivity index (χ2n) is 6.55. The molecule has 3 rings (SSSR count). The van der Waals surface area contributed by atoms with Gasteiger partial charge in [0.1, 0.15) is 5.69 Å². The molecule has 0 saturated carbocycles. The summed E-state index contributed by atoms with van der Waals surface area (Å²) in [4.78, 5) is 10.4. The van der Waals surface area contributed by atoms with Crippen LogP contribution in [0.2, 0.25) is 0 Å². The Labute approximate surface area is 168 Å². The summed E-state index contributed by atoms with van der Waals surface area (Å²) in [5.74, 6) is 0. The van der Waals surface area contributed by atoms with E-state index in [-0.39, 0.29) is 10.6 Å². The van der Waals surface area contributed by atoms with Crippen LogP contribution < -0.4 is 14.8 Å². The summed E-state index contributed by atoms with van der Waals surface area (Å²) in [6.45, 7) is 1.10. The SMILES string of the molecule is NS(=O)(=O)c1ccc(N(C2CCNCC2)S(=O)(=O)c2ccccc2)c([N+](=O)[O-])c1. The number of nitrogens with zero attached hydrogens (tertiary/aromatic N) is 2. The van der Waals surface area contributed by atoms with Crippen LogP contribution in [0.15, 0.2) is 58.3 Å². The average molecular weight is 441 g/mol. The first kappa shape index (κ1) is 21.2. The minimum atomic E-state index is -4.20. The van der Waals surface area contributed by atoms with Crippen molar-refractivity contribution in [1.82, 2.24) is 5.32 Å². The standard InChI is InChI=1S/C17H20N4O6S2/c18-28(24,25)15-6-7-16(17(12-15)21(22)23)20(13-8-10-19-11-9-13)29(26,27)14-4-2-1-3-5-14/h1-7,12-13,19H,8-11H2,(H2,18,24,25). The van der Waals surface area contributed by atoms with Crippen LogP contribution in [0.3, 0.4) is 0 Å². The number of nitro benzene ring substituents is 1. The van der Waals surface area contributed by atoms with Crippen LogP contribution >= 0.6 is 0 Å². The zero-order valence-electron chi connectivity index (χ0n) is 15.3. The number of nitro groups is 1. The summed E-state index contributed by atoms with van der Waals surface area (Å²) < 4.78 is 51.1. The lowest BCUT2D eigenvalue weighted by atomic mass is 10.1. The number of hydrogen-bond acceptors (Lipinski definition) is 7. The van der Waals surface area contributed by atoms with Gasteiger partial charge in [0, 0.05) is 12.1 Å². The van der Waals surface area contributed by atoms with Gasteiger partial charge in [0.15, 0.2) is 0 Å². The summed E-state index contributed by atoms with van der Waals surface area (Å²) in [5, 5.41) is 19.9. The predicted octanol–water partition coefficient (Wildman–Crippen LogP) is 1.19. The summed E-state index contributed by atoms with van der Waals surface area (Å²) in [6, 6.07) is 10.1. The highest BCUT2D eigenvalue weighted by atomic mass is 32.2. The van der Waals surface area contributed by atoms with Crippen molar-refractivity contribution in [3.8, 4) is 0 Å². The maximum Gasteiger partial charge on any atom is 0.294 e. The van der Waals surface area contributed by atoms with E-state index in [4.69, 9.17) is 5.14 Å². The van der Waals surface area contributed by atoms with Crippen molar-refractivity contribution in [2.24, 2.45) is 5.14 Å². The molecule has 12 heteroatoms. The number of benzene rings is 2. The molecule has 0 bridgehead atoms. The Morgan fingerprint density at radius 3 is 2.17 bits per heavy atom. The molecule has 3 N–H and O–H groups in total. The van der Waals surface area contributed by atoms with Crippen molar-refractivity contribution < 1.29 is 21.8 Å². The first-order valence-electron chi connectivity index (χ1n) is 8.74. The number of rotatable bonds is 6. The number of nitrogens with two attached hydrogens (primary N) is 1. The van der Waals surface area contributed by atoms with E-state index in [0.29, 0.717) is 25.9 Å². The number of sulfonamides is 2. The van der Waals surface area contributed by atoms with Crippen LogP contribution in [0.1, 0.15) is 12.8 Å². The monoisotopic (exact) mass is 440 g/mol. The van der Waals surface area contributed by atoms with E-state index >= 15 is 0 Å². The number of primary sulfonamides is 1. The lowest BCUT2D eigenvalue weighted by Crippen LogP contribution is -2.46. The first-order chi connectivity index (χ1) is 13.6. The van der Waals surface area contributed by atoms with E-state index in [1.165, 1.54) is 12.1 Å². The normalized spacial score (nSPS) is 15.8. The minimum Gasteiger partial charge on any atom is -0.317 e. The lowest BCUT2D eigenvalue weighted by molar-refractivity contribution is -0.384. The molecule has 2 aromatic carbocycles. The Morgan fingerprint density at radius 1 is 1.00 bits per heavy atom. The molecule has 10 nitrogen and oxygen atoms in total. The van der Waals surface area contributed by atoms with Gasteiger partial charge >= 0.3 is 0 Å². The molecule has 0 spiro atoms. The Kier molecular flexibility index (Phi) is 5.89. The van der Waals surface area contributed by atoms with E-state index in [1.807, 2.05) is 0 Å². The van der Waals surface area contributed by atoms with Gasteiger partial charge < -0.3 is 5.32 Å². The molecule has 0 unspecified atom stereocenters. The fourth-order valence-corrected chi connectivity index (χ4v) is 5.56. The third-order valence-electron chi connectivity index (χ3n) is 4.65. The van der Waals surface area contributed by atoms with Crippen molar-refractivity contribution in [1.29, 1.82) is 0 Å². The van der Waals surface area contributed by atoms with E-state index in [0.717, 1.165) is 22.5 Å². The topological polar surface area (TPSA) is 153 Å². The largest absolute Gasteiger partial charge is 0.317 e. The fourth-order valence-electron chi connectivity index (χ4n) is 3.28. The van der Waals surface area contributed by atoms with E-state index < -0.39 is 41.6 Å². The Morgan fingerprint density at radius 2 is 1.62 bits per heavy atom. The van der Waals surface area contributed by atoms with Crippen molar-refractivity contribution >= 4 is 31.4 Å². The predicted molar refractivity (Wildman–Crippen MR) is 106 cm³/mol. The van der Waals surface area contributed by atoms with Crippen molar-refractivity contribution in [2.45, 2.75) is 28.7 Å². The summed E-state index contributed by atoms with van der Waals surface area (Å²) in [7, 11) is -8.33. The van der Waals surface area contributed by atoms with Gasteiger partial charge in [0.05, 0.1) is 14.7 Å². The van der Waals surface area contributed by atoms with Crippen LogP contribution in [0.5, 0.6) is 0 Å². The van der Waals surface area contributed by atoms with Gasteiger partial charge in [-0.2, -0.15) is 0 Å². The molecule has 0 radical (unpaired) electrons. The van der Waals surface area contributed by atoms with E-state index in [1.54, 1.807) is 18.2 Å². The van der Waals surface area contributed by atoms with Crippen LogP contribution in [0, 0.1) is 10.1 Å². The number of anilines is 1. The Hall–Kier alpha value is -2.54. The molecule has 156 valence electrons. The van der Waals surface area contributed by atoms with Crippen LogP contribution in [0.25, 0.3) is 0 Å². The molecule has 1 aliphatic heterocycles. The molecule has 0 aliphatic carbocycles. The summed E-state index contributed by atoms with van der Waals surface area (Å²) in [5.41, 5.74) is -0.840. The molecule has 1 saturated heterocycles. The fraction of sp³-hybridized carbons (Fsp3) is 0.294. The van der Waals surface area contributed by atoms with Gasteiger partial charge in [-0.05, 0) is 50.2 Å². The molecule has 2 aromatic rings. The summed E-state index contributed by atoms with van der Waals surface area (Å²) >= 11 is 0. The maximum absolute atomic E-state index is 13.4. The smallest absolute Gasteiger partial charge is 0.294 e. The van der Waals surface area contributed by atoms with Crippen LogP contribution in [0.4, 0.5) is 11.4 Å². The third kappa shape index (κ3) is 4.40. The van der Waals surface area contributed by atoms with Gasteiger partial charge in [0.25, 0.3) is 15.7 Å². The quantitative estimate of drug-likeness (QED) is 0.505. The zero-order valence-corrected chi connectivity index (χ0v) is 16.9. The molecular weight excluding hydrogens is 420 g/mol. The van der Waals surface area contributed by atoms with Crippen molar-refractivity contribution in [3.63, 3.8) is 0 Å². The van der Waals surface area contributed by atoms with Gasteiger partial charge in [-0.1, -0.05) is 18.2 Å². The summed E-state index contributed by atoms with van der Waals surface area (Å²) in [6.07, 6.45) is 0.889. The zero-order chi connectivity index (χ0) is 21.2. The number of hydrogen-bond donors (Lipinski definition) is 2. The van der Waals surface area contributed by atoms with Gasteiger partial charge in [-0.3, -0.25) is 14.4 Å². The maximum atomic E-state index is 13.4. The van der Waals surface area contributed by atoms with E-state index in [2.05, 4.69) is 5.32 Å². The molecule has 1 heterocycles. The minimum absolute atomic E-state index is 0.0108. The third-order valence-corrected chi connectivity index (χ3v) is 7.44. The Balaban J connectivity index is 2.23. The van der Waals surface area contributed by atoms with Crippen molar-refractivity contribution in [3.05, 3.63) is 58.6 Å². The lowest BCUT2D eigenvalue weighted by Gasteiger charge is -2.35. The highest BCUT2D eigenvalue weighted by Crippen LogP contribution is 2.37. The second kappa shape index (κ2) is 8.06. The first-order valence-corrected chi connectivity index (χ1v) is 11.7. The number of piperidine rings is 1. The molecule has 1 aliphatic rings. The highest BCUT2D eigenvalue weighted by molar-refractivity contribution is 7.93. The second-order valence-corrected chi connectivity index (χ2v) is 9.92. The molecule has 1 fully saturated rings. The Bertz CT molecular complexity index is 1110.